The SMILES string of the molecule is C[Si](C)(C)C#CC1CCC[C@H]1O. The molecule has 0 saturated heterocycles. The van der Waals surface area contributed by atoms with Gasteiger partial charge in [0.05, 0.1) is 6.10 Å². The Morgan fingerprint density at radius 3 is 2.33 bits per heavy atom. The summed E-state index contributed by atoms with van der Waals surface area (Å²) in [6.45, 7) is 6.71. The Morgan fingerprint density at radius 1 is 1.25 bits per heavy atom. The van der Waals surface area contributed by atoms with E-state index in [0.717, 1.165) is 19.3 Å². The summed E-state index contributed by atoms with van der Waals surface area (Å²) in [6, 6.07) is 0. The molecule has 0 aromatic carbocycles. The summed E-state index contributed by atoms with van der Waals surface area (Å²) in [5.74, 6) is 3.51. The number of aliphatic hydroxyl groups is 1. The van der Waals surface area contributed by atoms with Gasteiger partial charge >= 0.3 is 0 Å². The lowest BCUT2D eigenvalue weighted by Crippen LogP contribution is -2.18. The van der Waals surface area contributed by atoms with Crippen molar-refractivity contribution < 1.29 is 5.11 Å². The maximum absolute atomic E-state index is 9.50. The molecule has 0 aromatic heterocycles. The van der Waals surface area contributed by atoms with Crippen molar-refractivity contribution in [3.63, 3.8) is 0 Å². The minimum absolute atomic E-state index is 0.145. The molecule has 1 aliphatic carbocycles. The summed E-state index contributed by atoms with van der Waals surface area (Å²) < 4.78 is 0. The van der Waals surface area contributed by atoms with Gasteiger partial charge in [0, 0.05) is 5.92 Å². The van der Waals surface area contributed by atoms with Gasteiger partial charge < -0.3 is 5.11 Å². The van der Waals surface area contributed by atoms with Gasteiger partial charge in [-0.1, -0.05) is 19.6 Å². The Labute approximate surface area is 76.2 Å². The molecule has 2 atom stereocenters. The van der Waals surface area contributed by atoms with E-state index in [0.29, 0.717) is 0 Å². The van der Waals surface area contributed by atoms with Crippen LogP contribution in [0.1, 0.15) is 19.3 Å². The molecule has 1 unspecified atom stereocenters. The van der Waals surface area contributed by atoms with E-state index in [1.54, 1.807) is 0 Å². The van der Waals surface area contributed by atoms with E-state index >= 15 is 0 Å². The van der Waals surface area contributed by atoms with Crippen LogP contribution in [0.15, 0.2) is 0 Å². The smallest absolute Gasteiger partial charge is 0.129 e. The van der Waals surface area contributed by atoms with Crippen molar-refractivity contribution in [1.82, 2.24) is 0 Å². The molecule has 1 aliphatic rings. The molecule has 1 rings (SSSR count). The zero-order chi connectivity index (χ0) is 9.19. The van der Waals surface area contributed by atoms with Gasteiger partial charge in [0.15, 0.2) is 0 Å². The van der Waals surface area contributed by atoms with E-state index in [4.69, 9.17) is 0 Å². The standard InChI is InChI=1S/C10H18OSi/c1-12(2,3)8-7-9-5-4-6-10(9)11/h9-11H,4-6H2,1-3H3/t9?,10-/m1/s1. The Kier molecular flexibility index (Phi) is 2.97. The highest BCUT2D eigenvalue weighted by Crippen LogP contribution is 2.24. The fraction of sp³-hybridized carbons (Fsp3) is 0.800. The molecular formula is C10H18OSi. The second-order valence-corrected chi connectivity index (χ2v) is 9.37. The van der Waals surface area contributed by atoms with E-state index < -0.39 is 8.07 Å². The van der Waals surface area contributed by atoms with Crippen LogP contribution in [-0.4, -0.2) is 19.3 Å². The highest BCUT2D eigenvalue weighted by molar-refractivity contribution is 6.83. The third kappa shape index (κ3) is 3.00. The van der Waals surface area contributed by atoms with E-state index in [-0.39, 0.29) is 12.0 Å². The molecule has 0 aliphatic heterocycles. The maximum Gasteiger partial charge on any atom is 0.129 e. The lowest BCUT2D eigenvalue weighted by molar-refractivity contribution is 0.157. The largest absolute Gasteiger partial charge is 0.392 e. The van der Waals surface area contributed by atoms with E-state index in [1.807, 2.05) is 0 Å². The summed E-state index contributed by atoms with van der Waals surface area (Å²) in [7, 11) is -1.23. The molecule has 0 heterocycles. The molecule has 1 fully saturated rings. The first-order valence-electron chi connectivity index (χ1n) is 4.70. The second kappa shape index (κ2) is 3.63. The average molecular weight is 182 g/mol. The minimum Gasteiger partial charge on any atom is -0.392 e. The molecule has 2 heteroatoms. The van der Waals surface area contributed by atoms with Crippen LogP contribution in [0, 0.1) is 17.4 Å². The van der Waals surface area contributed by atoms with Crippen molar-refractivity contribution >= 4 is 8.07 Å². The van der Waals surface area contributed by atoms with Crippen LogP contribution in [0.2, 0.25) is 19.6 Å². The van der Waals surface area contributed by atoms with Crippen molar-refractivity contribution in [3.05, 3.63) is 0 Å². The van der Waals surface area contributed by atoms with Crippen LogP contribution in [0.4, 0.5) is 0 Å². The molecule has 12 heavy (non-hydrogen) atoms. The average Bonchev–Trinajstić information content (AvgIpc) is 2.29. The van der Waals surface area contributed by atoms with E-state index in [1.165, 1.54) is 0 Å². The van der Waals surface area contributed by atoms with Gasteiger partial charge in [0.2, 0.25) is 0 Å². The van der Waals surface area contributed by atoms with Crippen LogP contribution in [0.5, 0.6) is 0 Å². The molecule has 1 nitrogen and oxygen atoms in total. The first kappa shape index (κ1) is 9.82. The summed E-state index contributed by atoms with van der Waals surface area (Å²) in [5.41, 5.74) is 3.32. The van der Waals surface area contributed by atoms with Crippen LogP contribution in [-0.2, 0) is 0 Å². The fourth-order valence-electron chi connectivity index (χ4n) is 1.42. The van der Waals surface area contributed by atoms with Crippen molar-refractivity contribution in [2.75, 3.05) is 0 Å². The Hall–Kier alpha value is -0.263. The van der Waals surface area contributed by atoms with Gasteiger partial charge in [-0.2, -0.15) is 0 Å². The number of hydrogen-bond acceptors (Lipinski definition) is 1. The van der Waals surface area contributed by atoms with Crippen LogP contribution >= 0.6 is 0 Å². The number of rotatable bonds is 0. The van der Waals surface area contributed by atoms with Gasteiger partial charge in [-0.25, -0.2) is 0 Å². The maximum atomic E-state index is 9.50. The van der Waals surface area contributed by atoms with Crippen molar-refractivity contribution in [2.24, 2.45) is 5.92 Å². The van der Waals surface area contributed by atoms with Gasteiger partial charge in [0.1, 0.15) is 8.07 Å². The second-order valence-electron chi connectivity index (χ2n) is 4.62. The molecule has 1 saturated carbocycles. The van der Waals surface area contributed by atoms with Crippen LogP contribution in [0.25, 0.3) is 0 Å². The van der Waals surface area contributed by atoms with Gasteiger partial charge in [-0.15, -0.1) is 11.5 Å². The van der Waals surface area contributed by atoms with Crippen molar-refractivity contribution in [3.8, 4) is 11.5 Å². The predicted octanol–water partition coefficient (Wildman–Crippen LogP) is 2.03. The Morgan fingerprint density at radius 2 is 1.92 bits per heavy atom. The third-order valence-electron chi connectivity index (χ3n) is 2.11. The van der Waals surface area contributed by atoms with Gasteiger partial charge in [-0.3, -0.25) is 0 Å². The molecule has 0 amide bonds. The van der Waals surface area contributed by atoms with E-state index in [9.17, 15) is 5.11 Å². The normalized spacial score (nSPS) is 29.7. The fourth-order valence-corrected chi connectivity index (χ4v) is 2.04. The summed E-state index contributed by atoms with van der Waals surface area (Å²) >= 11 is 0. The first-order valence-corrected chi connectivity index (χ1v) is 8.20. The lowest BCUT2D eigenvalue weighted by Gasteiger charge is -2.08. The molecular weight excluding hydrogens is 164 g/mol. The number of aliphatic hydroxyl groups excluding tert-OH is 1. The van der Waals surface area contributed by atoms with E-state index in [2.05, 4.69) is 31.1 Å². The topological polar surface area (TPSA) is 20.2 Å². The van der Waals surface area contributed by atoms with Gasteiger partial charge in [0.25, 0.3) is 0 Å². The lowest BCUT2D eigenvalue weighted by atomic mass is 10.1. The van der Waals surface area contributed by atoms with Crippen molar-refractivity contribution in [2.45, 2.75) is 45.0 Å². The summed E-state index contributed by atoms with van der Waals surface area (Å²) in [4.78, 5) is 0. The molecule has 68 valence electrons. The van der Waals surface area contributed by atoms with Crippen molar-refractivity contribution in [1.29, 1.82) is 0 Å². The third-order valence-corrected chi connectivity index (χ3v) is 3.01. The zero-order valence-corrected chi connectivity index (χ0v) is 9.22. The first-order chi connectivity index (χ1) is 5.49. The zero-order valence-electron chi connectivity index (χ0n) is 8.22. The highest BCUT2D eigenvalue weighted by Gasteiger charge is 2.23. The molecule has 0 spiro atoms. The quantitative estimate of drug-likeness (QED) is 0.449. The molecule has 0 bridgehead atoms. The van der Waals surface area contributed by atoms with Crippen LogP contribution < -0.4 is 0 Å². The summed E-state index contributed by atoms with van der Waals surface area (Å²) in [6.07, 6.45) is 3.05. The monoisotopic (exact) mass is 182 g/mol. The highest BCUT2D eigenvalue weighted by atomic mass is 28.3. The van der Waals surface area contributed by atoms with Gasteiger partial charge in [-0.05, 0) is 19.3 Å². The molecule has 1 N–H and O–H groups in total. The number of hydrogen-bond donors (Lipinski definition) is 1. The molecule has 0 aromatic rings. The Bertz CT molecular complexity index is 206. The minimum atomic E-state index is -1.23. The summed E-state index contributed by atoms with van der Waals surface area (Å²) in [5, 5.41) is 9.50. The molecule has 0 radical (unpaired) electrons. The van der Waals surface area contributed by atoms with Crippen LogP contribution in [0.3, 0.4) is 0 Å². The predicted molar refractivity (Wildman–Crippen MR) is 54.5 cm³/mol. The Balaban J connectivity index is 2.53.